The average molecular weight is 351 g/mol. The van der Waals surface area contributed by atoms with E-state index in [1.807, 2.05) is 18.2 Å². The van der Waals surface area contributed by atoms with Crippen LogP contribution in [-0.2, 0) is 11.3 Å². The third-order valence-electron chi connectivity index (χ3n) is 2.91. The maximum atomic E-state index is 11.3. The fraction of sp³-hybridized carbons (Fsp3) is 0.188. The smallest absolute Gasteiger partial charge is 0.337 e. The van der Waals surface area contributed by atoms with Gasteiger partial charge in [0, 0.05) is 10.0 Å². The zero-order valence-electron chi connectivity index (χ0n) is 11.8. The molecule has 0 saturated carbocycles. The zero-order chi connectivity index (χ0) is 15.2. The number of benzene rings is 2. The fourth-order valence-corrected chi connectivity index (χ4v) is 2.23. The number of methoxy groups -OCH3 is 2. The highest BCUT2D eigenvalue weighted by Gasteiger charge is 2.07. The second-order valence-electron chi connectivity index (χ2n) is 4.26. The van der Waals surface area contributed by atoms with Gasteiger partial charge in [-0.05, 0) is 42.5 Å². The van der Waals surface area contributed by atoms with E-state index in [0.29, 0.717) is 17.9 Å². The molecule has 0 spiro atoms. The van der Waals surface area contributed by atoms with Gasteiger partial charge in [0.05, 0.1) is 19.8 Å². The van der Waals surface area contributed by atoms with Gasteiger partial charge in [0.1, 0.15) is 18.1 Å². The molecule has 0 aliphatic heterocycles. The van der Waals surface area contributed by atoms with Gasteiger partial charge in [-0.25, -0.2) is 4.79 Å². The highest BCUT2D eigenvalue weighted by atomic mass is 79.9. The fourth-order valence-electron chi connectivity index (χ4n) is 1.83. The molecule has 110 valence electrons. The zero-order valence-corrected chi connectivity index (χ0v) is 13.3. The van der Waals surface area contributed by atoms with E-state index in [9.17, 15) is 4.79 Å². The normalized spacial score (nSPS) is 10.0. The van der Waals surface area contributed by atoms with Crippen molar-refractivity contribution in [2.75, 3.05) is 14.2 Å². The molecule has 0 amide bonds. The molecule has 0 saturated heterocycles. The monoisotopic (exact) mass is 350 g/mol. The summed E-state index contributed by atoms with van der Waals surface area (Å²) in [5.74, 6) is 1.07. The van der Waals surface area contributed by atoms with Crippen molar-refractivity contribution in [1.29, 1.82) is 0 Å². The van der Waals surface area contributed by atoms with Crippen LogP contribution in [-0.4, -0.2) is 20.2 Å². The molecule has 4 nitrogen and oxygen atoms in total. The van der Waals surface area contributed by atoms with Crippen LogP contribution in [0.15, 0.2) is 46.9 Å². The van der Waals surface area contributed by atoms with Crippen molar-refractivity contribution in [3.8, 4) is 11.5 Å². The van der Waals surface area contributed by atoms with Gasteiger partial charge in [0.25, 0.3) is 0 Å². The van der Waals surface area contributed by atoms with Crippen LogP contribution in [0.4, 0.5) is 0 Å². The molecule has 0 bridgehead atoms. The molecule has 2 aromatic rings. The Bertz CT molecular complexity index is 623. The van der Waals surface area contributed by atoms with Crippen LogP contribution >= 0.6 is 15.9 Å². The van der Waals surface area contributed by atoms with Gasteiger partial charge in [-0.15, -0.1) is 0 Å². The average Bonchev–Trinajstić information content (AvgIpc) is 2.52. The van der Waals surface area contributed by atoms with E-state index in [4.69, 9.17) is 9.47 Å². The molecule has 0 fully saturated rings. The van der Waals surface area contributed by atoms with Crippen molar-refractivity contribution in [1.82, 2.24) is 0 Å². The van der Waals surface area contributed by atoms with Gasteiger partial charge in [-0.2, -0.15) is 0 Å². The van der Waals surface area contributed by atoms with Crippen molar-refractivity contribution in [2.24, 2.45) is 0 Å². The molecule has 0 aromatic heterocycles. The van der Waals surface area contributed by atoms with Crippen LogP contribution < -0.4 is 9.47 Å². The number of ether oxygens (including phenoxy) is 3. The Balaban J connectivity index is 2.06. The van der Waals surface area contributed by atoms with Gasteiger partial charge >= 0.3 is 5.97 Å². The van der Waals surface area contributed by atoms with Gasteiger partial charge in [-0.1, -0.05) is 15.9 Å². The number of rotatable bonds is 5. The molecule has 2 aromatic carbocycles. The number of hydrogen-bond acceptors (Lipinski definition) is 4. The Kier molecular flexibility index (Phi) is 5.22. The third kappa shape index (κ3) is 3.98. The summed E-state index contributed by atoms with van der Waals surface area (Å²) in [7, 11) is 2.98. The predicted molar refractivity (Wildman–Crippen MR) is 82.8 cm³/mol. The number of esters is 1. The summed E-state index contributed by atoms with van der Waals surface area (Å²) >= 11 is 3.42. The third-order valence-corrected chi connectivity index (χ3v) is 3.41. The van der Waals surface area contributed by atoms with Crippen LogP contribution in [0.25, 0.3) is 0 Å². The second-order valence-corrected chi connectivity index (χ2v) is 5.18. The maximum Gasteiger partial charge on any atom is 0.337 e. The first-order chi connectivity index (χ1) is 10.1. The summed E-state index contributed by atoms with van der Waals surface area (Å²) < 4.78 is 16.6. The molecule has 0 aliphatic rings. The van der Waals surface area contributed by atoms with Crippen molar-refractivity contribution in [2.45, 2.75) is 6.61 Å². The lowest BCUT2D eigenvalue weighted by Crippen LogP contribution is -2.02. The number of hydrogen-bond donors (Lipinski definition) is 0. The summed E-state index contributed by atoms with van der Waals surface area (Å²) in [5.41, 5.74) is 1.42. The summed E-state index contributed by atoms with van der Waals surface area (Å²) in [6, 6.07) is 12.5. The first-order valence-electron chi connectivity index (χ1n) is 6.27. The van der Waals surface area contributed by atoms with Crippen molar-refractivity contribution < 1.29 is 19.0 Å². The minimum Gasteiger partial charge on any atom is -0.496 e. The van der Waals surface area contributed by atoms with E-state index in [2.05, 4.69) is 20.7 Å². The lowest BCUT2D eigenvalue weighted by molar-refractivity contribution is 0.0600. The van der Waals surface area contributed by atoms with E-state index in [-0.39, 0.29) is 5.97 Å². The van der Waals surface area contributed by atoms with Crippen molar-refractivity contribution >= 4 is 21.9 Å². The van der Waals surface area contributed by atoms with E-state index >= 15 is 0 Å². The van der Waals surface area contributed by atoms with Crippen LogP contribution in [0.5, 0.6) is 11.5 Å². The summed E-state index contributed by atoms with van der Waals surface area (Å²) in [5, 5.41) is 0. The van der Waals surface area contributed by atoms with E-state index < -0.39 is 0 Å². The Morgan fingerprint density at radius 3 is 2.43 bits per heavy atom. The number of halogens is 1. The van der Waals surface area contributed by atoms with E-state index in [1.165, 1.54) is 7.11 Å². The van der Waals surface area contributed by atoms with Crippen LogP contribution in [0.2, 0.25) is 0 Å². The molecule has 0 atom stereocenters. The second kappa shape index (κ2) is 7.13. The Labute approximate surface area is 131 Å². The SMILES string of the molecule is COC(=O)c1ccc(OCc2cc(Br)ccc2OC)cc1. The van der Waals surface area contributed by atoms with E-state index in [1.54, 1.807) is 31.4 Å². The standard InChI is InChI=1S/C16H15BrO4/c1-19-15-8-5-13(17)9-12(15)10-21-14-6-3-11(4-7-14)16(18)20-2/h3-9H,10H2,1-2H3. The largest absolute Gasteiger partial charge is 0.496 e. The molecule has 0 heterocycles. The Morgan fingerprint density at radius 2 is 1.81 bits per heavy atom. The van der Waals surface area contributed by atoms with Gasteiger partial charge in [0.15, 0.2) is 0 Å². The lowest BCUT2D eigenvalue weighted by atomic mass is 10.2. The molecule has 2 rings (SSSR count). The lowest BCUT2D eigenvalue weighted by Gasteiger charge is -2.11. The topological polar surface area (TPSA) is 44.8 Å². The highest BCUT2D eigenvalue weighted by Crippen LogP contribution is 2.24. The van der Waals surface area contributed by atoms with Crippen LogP contribution in [0.1, 0.15) is 15.9 Å². The Hall–Kier alpha value is -2.01. The molecular weight excluding hydrogens is 336 g/mol. The summed E-state index contributed by atoms with van der Waals surface area (Å²) in [6.45, 7) is 0.375. The molecule has 0 unspecified atom stereocenters. The first-order valence-corrected chi connectivity index (χ1v) is 7.07. The quantitative estimate of drug-likeness (QED) is 0.769. The van der Waals surface area contributed by atoms with Crippen LogP contribution in [0, 0.1) is 0 Å². The maximum absolute atomic E-state index is 11.3. The minimum atomic E-state index is -0.366. The molecule has 21 heavy (non-hydrogen) atoms. The van der Waals surface area contributed by atoms with Crippen molar-refractivity contribution in [3.63, 3.8) is 0 Å². The molecular formula is C16H15BrO4. The molecule has 5 heteroatoms. The minimum absolute atomic E-state index is 0.366. The van der Waals surface area contributed by atoms with Crippen molar-refractivity contribution in [3.05, 3.63) is 58.1 Å². The Morgan fingerprint density at radius 1 is 1.10 bits per heavy atom. The number of carbonyl (C=O) groups is 1. The summed E-state index contributed by atoms with van der Waals surface area (Å²) in [6.07, 6.45) is 0. The molecule has 0 radical (unpaired) electrons. The van der Waals surface area contributed by atoms with Crippen LogP contribution in [0.3, 0.4) is 0 Å². The molecule has 0 N–H and O–H groups in total. The van der Waals surface area contributed by atoms with Gasteiger partial charge in [-0.3, -0.25) is 0 Å². The van der Waals surface area contributed by atoms with Gasteiger partial charge < -0.3 is 14.2 Å². The summed E-state index contributed by atoms with van der Waals surface area (Å²) in [4.78, 5) is 11.3. The first kappa shape index (κ1) is 15.4. The molecule has 0 aliphatic carbocycles. The number of carbonyl (C=O) groups excluding carboxylic acids is 1. The predicted octanol–water partition coefficient (Wildman–Crippen LogP) is 3.82. The highest BCUT2D eigenvalue weighted by molar-refractivity contribution is 9.10. The van der Waals surface area contributed by atoms with E-state index in [0.717, 1.165) is 15.8 Å². The van der Waals surface area contributed by atoms with Gasteiger partial charge in [0.2, 0.25) is 0 Å².